The van der Waals surface area contributed by atoms with Gasteiger partial charge in [-0.05, 0) is 47.8 Å². The second-order valence-corrected chi connectivity index (χ2v) is 5.28. The Morgan fingerprint density at radius 3 is 2.89 bits per heavy atom. The van der Waals surface area contributed by atoms with Gasteiger partial charge in [0.1, 0.15) is 5.76 Å². The molecule has 98 valence electrons. The minimum atomic E-state index is 0.369. The van der Waals surface area contributed by atoms with Crippen LogP contribution in [0.2, 0.25) is 0 Å². The maximum atomic E-state index is 5.56. The van der Waals surface area contributed by atoms with Crippen molar-refractivity contribution in [2.45, 2.75) is 39.2 Å². The van der Waals surface area contributed by atoms with Crippen molar-refractivity contribution >= 4 is 11.3 Å². The summed E-state index contributed by atoms with van der Waals surface area (Å²) in [6.07, 6.45) is 4.95. The van der Waals surface area contributed by atoms with Crippen LogP contribution in [-0.2, 0) is 12.8 Å². The highest BCUT2D eigenvalue weighted by Crippen LogP contribution is 2.24. The Bertz CT molecular complexity index is 447. The van der Waals surface area contributed by atoms with Crippen molar-refractivity contribution in [2.24, 2.45) is 0 Å². The second kappa shape index (κ2) is 6.76. The Morgan fingerprint density at radius 1 is 1.33 bits per heavy atom. The minimum Gasteiger partial charge on any atom is -0.469 e. The molecule has 0 aromatic carbocycles. The summed E-state index contributed by atoms with van der Waals surface area (Å²) in [5.74, 6) is 1.11. The molecule has 3 heteroatoms. The summed E-state index contributed by atoms with van der Waals surface area (Å²) in [5.41, 5.74) is 2.72. The summed E-state index contributed by atoms with van der Waals surface area (Å²) < 4.78 is 5.56. The first-order valence-electron chi connectivity index (χ1n) is 6.65. The smallest absolute Gasteiger partial charge is 0.108 e. The predicted molar refractivity (Wildman–Crippen MR) is 77.1 cm³/mol. The Kier molecular flexibility index (Phi) is 5.02. The van der Waals surface area contributed by atoms with Gasteiger partial charge >= 0.3 is 0 Å². The first-order valence-corrected chi connectivity index (χ1v) is 7.60. The molecule has 0 amide bonds. The van der Waals surface area contributed by atoms with E-state index in [-0.39, 0.29) is 0 Å². The predicted octanol–water partition coefficient (Wildman–Crippen LogP) is 4.19. The highest BCUT2D eigenvalue weighted by Gasteiger charge is 2.17. The monoisotopic (exact) mass is 263 g/mol. The Balaban J connectivity index is 2.14. The van der Waals surface area contributed by atoms with E-state index in [0.717, 1.165) is 31.6 Å². The van der Waals surface area contributed by atoms with Crippen LogP contribution in [0, 0.1) is 0 Å². The first kappa shape index (κ1) is 13.4. The maximum Gasteiger partial charge on any atom is 0.108 e. The zero-order valence-electron chi connectivity index (χ0n) is 11.1. The number of nitrogens with one attached hydrogen (secondary N) is 1. The molecule has 1 N–H and O–H groups in total. The summed E-state index contributed by atoms with van der Waals surface area (Å²) in [6.45, 7) is 5.39. The van der Waals surface area contributed by atoms with Crippen molar-refractivity contribution in [2.75, 3.05) is 6.54 Å². The number of aryl methyl sites for hydroxylation is 1. The second-order valence-electron chi connectivity index (χ2n) is 4.50. The third-order valence-electron chi connectivity index (χ3n) is 3.14. The van der Waals surface area contributed by atoms with E-state index in [1.54, 1.807) is 11.3 Å². The van der Waals surface area contributed by atoms with E-state index in [2.05, 4.69) is 42.1 Å². The fourth-order valence-corrected chi connectivity index (χ4v) is 2.89. The average molecular weight is 263 g/mol. The number of thiophene rings is 1. The van der Waals surface area contributed by atoms with Crippen LogP contribution in [0.4, 0.5) is 0 Å². The summed E-state index contributed by atoms with van der Waals surface area (Å²) in [5, 5.41) is 8.00. The molecule has 2 heterocycles. The zero-order valence-corrected chi connectivity index (χ0v) is 11.9. The van der Waals surface area contributed by atoms with E-state index in [4.69, 9.17) is 4.42 Å². The van der Waals surface area contributed by atoms with Crippen molar-refractivity contribution < 1.29 is 4.42 Å². The van der Waals surface area contributed by atoms with Crippen molar-refractivity contribution in [3.8, 4) is 0 Å². The fraction of sp³-hybridized carbons (Fsp3) is 0.467. The van der Waals surface area contributed by atoms with Crippen LogP contribution in [0.25, 0.3) is 0 Å². The number of furan rings is 1. The summed E-state index contributed by atoms with van der Waals surface area (Å²) in [6, 6.07) is 4.68. The van der Waals surface area contributed by atoms with Crippen LogP contribution in [-0.4, -0.2) is 6.54 Å². The maximum absolute atomic E-state index is 5.56. The van der Waals surface area contributed by atoms with Gasteiger partial charge in [-0.2, -0.15) is 11.3 Å². The minimum absolute atomic E-state index is 0.369. The molecule has 2 nitrogen and oxygen atoms in total. The molecule has 1 unspecified atom stereocenters. The van der Waals surface area contributed by atoms with Gasteiger partial charge < -0.3 is 9.73 Å². The lowest BCUT2D eigenvalue weighted by Gasteiger charge is -2.18. The standard InChI is InChI=1S/C15H21NOS/c1-3-7-16-14(10-12-6-9-18-11-12)13-5-8-17-15(13)4-2/h5-6,8-9,11,14,16H,3-4,7,10H2,1-2H3. The molecule has 0 spiro atoms. The molecular weight excluding hydrogens is 242 g/mol. The van der Waals surface area contributed by atoms with E-state index in [1.165, 1.54) is 11.1 Å². The quantitative estimate of drug-likeness (QED) is 0.810. The number of rotatable bonds is 7. The summed E-state index contributed by atoms with van der Waals surface area (Å²) in [4.78, 5) is 0. The molecule has 0 fully saturated rings. The largest absolute Gasteiger partial charge is 0.469 e. The van der Waals surface area contributed by atoms with Gasteiger partial charge in [-0.1, -0.05) is 13.8 Å². The highest BCUT2D eigenvalue weighted by atomic mass is 32.1. The summed E-state index contributed by atoms with van der Waals surface area (Å²) in [7, 11) is 0. The van der Waals surface area contributed by atoms with Gasteiger partial charge in [0.25, 0.3) is 0 Å². The van der Waals surface area contributed by atoms with Gasteiger partial charge in [0.05, 0.1) is 6.26 Å². The van der Waals surface area contributed by atoms with Crippen LogP contribution in [0.3, 0.4) is 0 Å². The summed E-state index contributed by atoms with van der Waals surface area (Å²) >= 11 is 1.76. The van der Waals surface area contributed by atoms with Crippen LogP contribution in [0.15, 0.2) is 33.6 Å². The lowest BCUT2D eigenvalue weighted by atomic mass is 10.00. The third kappa shape index (κ3) is 3.24. The Morgan fingerprint density at radius 2 is 2.22 bits per heavy atom. The van der Waals surface area contributed by atoms with Crippen LogP contribution < -0.4 is 5.32 Å². The SMILES string of the molecule is CCCNC(Cc1ccsc1)c1ccoc1CC. The molecule has 0 radical (unpaired) electrons. The Labute approximate surface area is 113 Å². The Hall–Kier alpha value is -1.06. The van der Waals surface area contributed by atoms with E-state index in [9.17, 15) is 0 Å². The van der Waals surface area contributed by atoms with Crippen molar-refractivity contribution in [3.05, 3.63) is 46.0 Å². The zero-order chi connectivity index (χ0) is 12.8. The molecule has 2 aromatic heterocycles. The van der Waals surface area contributed by atoms with E-state index < -0.39 is 0 Å². The molecule has 0 aliphatic heterocycles. The molecule has 18 heavy (non-hydrogen) atoms. The average Bonchev–Trinajstić information content (AvgIpc) is 3.04. The van der Waals surface area contributed by atoms with Crippen molar-refractivity contribution in [3.63, 3.8) is 0 Å². The van der Waals surface area contributed by atoms with Crippen LogP contribution >= 0.6 is 11.3 Å². The molecule has 0 saturated carbocycles. The van der Waals surface area contributed by atoms with Gasteiger partial charge in [0.2, 0.25) is 0 Å². The third-order valence-corrected chi connectivity index (χ3v) is 3.87. The van der Waals surface area contributed by atoms with Crippen molar-refractivity contribution in [1.29, 1.82) is 0 Å². The molecule has 2 aromatic rings. The molecule has 0 aliphatic rings. The molecule has 2 rings (SSSR count). The van der Waals surface area contributed by atoms with Crippen LogP contribution in [0.1, 0.15) is 43.2 Å². The molecule has 0 bridgehead atoms. The lowest BCUT2D eigenvalue weighted by Crippen LogP contribution is -2.24. The molecule has 0 saturated heterocycles. The van der Waals surface area contributed by atoms with Gasteiger partial charge in [0, 0.05) is 18.0 Å². The normalized spacial score (nSPS) is 12.8. The number of hydrogen-bond donors (Lipinski definition) is 1. The first-order chi connectivity index (χ1) is 8.85. The molecule has 0 aliphatic carbocycles. The van der Waals surface area contributed by atoms with Gasteiger partial charge in [0.15, 0.2) is 0 Å². The van der Waals surface area contributed by atoms with Gasteiger partial charge in [-0.3, -0.25) is 0 Å². The van der Waals surface area contributed by atoms with E-state index in [0.29, 0.717) is 6.04 Å². The lowest BCUT2D eigenvalue weighted by molar-refractivity contribution is 0.482. The molecule has 1 atom stereocenters. The van der Waals surface area contributed by atoms with Gasteiger partial charge in [-0.25, -0.2) is 0 Å². The van der Waals surface area contributed by atoms with Gasteiger partial charge in [-0.15, -0.1) is 0 Å². The highest BCUT2D eigenvalue weighted by molar-refractivity contribution is 7.07. The van der Waals surface area contributed by atoms with E-state index in [1.807, 2.05) is 6.26 Å². The molecular formula is C15H21NOS. The fourth-order valence-electron chi connectivity index (χ4n) is 2.20. The van der Waals surface area contributed by atoms with Crippen molar-refractivity contribution in [1.82, 2.24) is 5.32 Å². The number of hydrogen-bond acceptors (Lipinski definition) is 3. The van der Waals surface area contributed by atoms with E-state index >= 15 is 0 Å². The topological polar surface area (TPSA) is 25.2 Å². The van der Waals surface area contributed by atoms with Crippen LogP contribution in [0.5, 0.6) is 0 Å².